The van der Waals surface area contributed by atoms with Crippen molar-refractivity contribution in [3.05, 3.63) is 0 Å². The Morgan fingerprint density at radius 1 is 1.50 bits per heavy atom. The molecule has 0 spiro atoms. The van der Waals surface area contributed by atoms with Gasteiger partial charge < -0.3 is 0 Å². The fourth-order valence-corrected chi connectivity index (χ4v) is 1.37. The molecule has 0 heterocycles. The van der Waals surface area contributed by atoms with Gasteiger partial charge in [-0.25, -0.2) is 0 Å². The first-order valence-electron chi connectivity index (χ1n) is 4.85. The summed E-state index contributed by atoms with van der Waals surface area (Å²) >= 11 is 0. The van der Waals surface area contributed by atoms with Gasteiger partial charge in [0.15, 0.2) is 0 Å². The third kappa shape index (κ3) is 3.23. The molecular formula is C10H18N2. The molecule has 0 amide bonds. The summed E-state index contributed by atoms with van der Waals surface area (Å²) in [7, 11) is 0. The van der Waals surface area contributed by atoms with Crippen molar-refractivity contribution in [1.29, 1.82) is 5.26 Å². The second kappa shape index (κ2) is 4.47. The molecule has 2 nitrogen and oxygen atoms in total. The van der Waals surface area contributed by atoms with E-state index in [2.05, 4.69) is 24.8 Å². The molecule has 1 saturated carbocycles. The van der Waals surface area contributed by atoms with Gasteiger partial charge in [-0.05, 0) is 32.7 Å². The van der Waals surface area contributed by atoms with E-state index in [1.165, 1.54) is 19.3 Å². The van der Waals surface area contributed by atoms with Crippen LogP contribution in [0.15, 0.2) is 0 Å². The first-order chi connectivity index (χ1) is 5.74. The molecule has 1 aliphatic rings. The van der Waals surface area contributed by atoms with E-state index in [1.807, 2.05) is 0 Å². The minimum atomic E-state index is 0.517. The van der Waals surface area contributed by atoms with Gasteiger partial charge in [0.25, 0.3) is 0 Å². The topological polar surface area (TPSA) is 27.0 Å². The van der Waals surface area contributed by atoms with E-state index >= 15 is 0 Å². The molecule has 0 aromatic rings. The van der Waals surface area contributed by atoms with Crippen molar-refractivity contribution in [2.45, 2.75) is 39.2 Å². The van der Waals surface area contributed by atoms with Gasteiger partial charge >= 0.3 is 0 Å². The van der Waals surface area contributed by atoms with Crippen LogP contribution in [0.25, 0.3) is 0 Å². The lowest BCUT2D eigenvalue weighted by molar-refractivity contribution is 0.241. The quantitative estimate of drug-likeness (QED) is 0.584. The standard InChI is InChI=1S/C10H18N2/c1-9(2)12(8-6-11)7-5-10-3-4-10/h9-10H,3-5,7-8H2,1-2H3. The van der Waals surface area contributed by atoms with Gasteiger partial charge in [0.05, 0.1) is 12.6 Å². The summed E-state index contributed by atoms with van der Waals surface area (Å²) in [5.41, 5.74) is 0. The zero-order valence-electron chi connectivity index (χ0n) is 8.08. The molecular weight excluding hydrogens is 148 g/mol. The number of nitriles is 1. The van der Waals surface area contributed by atoms with E-state index in [-0.39, 0.29) is 0 Å². The third-order valence-electron chi connectivity index (χ3n) is 2.53. The Balaban J connectivity index is 2.17. The predicted molar refractivity (Wildman–Crippen MR) is 49.7 cm³/mol. The maximum atomic E-state index is 8.57. The summed E-state index contributed by atoms with van der Waals surface area (Å²) in [6.45, 7) is 6.01. The Labute approximate surface area is 75.2 Å². The van der Waals surface area contributed by atoms with Gasteiger partial charge in [0, 0.05) is 6.04 Å². The Hall–Kier alpha value is -0.550. The second-order valence-corrected chi connectivity index (χ2v) is 3.95. The first-order valence-corrected chi connectivity index (χ1v) is 4.85. The van der Waals surface area contributed by atoms with Crippen LogP contribution in [0, 0.1) is 17.2 Å². The summed E-state index contributed by atoms with van der Waals surface area (Å²) in [5, 5.41) is 8.57. The van der Waals surface area contributed by atoms with Crippen molar-refractivity contribution in [2.75, 3.05) is 13.1 Å². The van der Waals surface area contributed by atoms with Crippen molar-refractivity contribution in [2.24, 2.45) is 5.92 Å². The Morgan fingerprint density at radius 3 is 2.58 bits per heavy atom. The monoisotopic (exact) mass is 166 g/mol. The highest BCUT2D eigenvalue weighted by atomic mass is 15.1. The number of hydrogen-bond donors (Lipinski definition) is 0. The zero-order valence-corrected chi connectivity index (χ0v) is 8.08. The molecule has 1 aliphatic carbocycles. The average Bonchev–Trinajstić information content (AvgIpc) is 2.80. The molecule has 0 N–H and O–H groups in total. The molecule has 0 aromatic heterocycles. The van der Waals surface area contributed by atoms with Crippen molar-refractivity contribution in [1.82, 2.24) is 4.90 Å². The molecule has 12 heavy (non-hydrogen) atoms. The molecule has 0 atom stereocenters. The van der Waals surface area contributed by atoms with E-state index in [4.69, 9.17) is 5.26 Å². The molecule has 0 unspecified atom stereocenters. The lowest BCUT2D eigenvalue weighted by Gasteiger charge is -2.22. The smallest absolute Gasteiger partial charge is 0.0868 e. The number of hydrogen-bond acceptors (Lipinski definition) is 2. The van der Waals surface area contributed by atoms with Crippen molar-refractivity contribution in [3.8, 4) is 6.07 Å². The van der Waals surface area contributed by atoms with Crippen LogP contribution >= 0.6 is 0 Å². The first kappa shape index (κ1) is 9.54. The highest BCUT2D eigenvalue weighted by molar-refractivity contribution is 4.81. The van der Waals surface area contributed by atoms with Crippen LogP contribution < -0.4 is 0 Å². The minimum Gasteiger partial charge on any atom is -0.288 e. The molecule has 2 heteroatoms. The van der Waals surface area contributed by atoms with Crippen molar-refractivity contribution in [3.63, 3.8) is 0 Å². The third-order valence-corrected chi connectivity index (χ3v) is 2.53. The molecule has 0 saturated heterocycles. The summed E-state index contributed by atoms with van der Waals surface area (Å²) in [6.07, 6.45) is 4.12. The Morgan fingerprint density at radius 2 is 2.17 bits per heavy atom. The molecule has 68 valence electrons. The molecule has 0 aromatic carbocycles. The van der Waals surface area contributed by atoms with Crippen LogP contribution in [0.5, 0.6) is 0 Å². The van der Waals surface area contributed by atoms with Gasteiger partial charge in [0.1, 0.15) is 0 Å². The zero-order chi connectivity index (χ0) is 8.97. The Bertz CT molecular complexity index is 165. The summed E-state index contributed by atoms with van der Waals surface area (Å²) in [6, 6.07) is 2.74. The van der Waals surface area contributed by atoms with Gasteiger partial charge in [0.2, 0.25) is 0 Å². The Kier molecular flexibility index (Phi) is 3.55. The summed E-state index contributed by atoms with van der Waals surface area (Å²) in [4.78, 5) is 2.25. The molecule has 0 aliphatic heterocycles. The van der Waals surface area contributed by atoms with Gasteiger partial charge in [-0.2, -0.15) is 5.26 Å². The summed E-state index contributed by atoms with van der Waals surface area (Å²) in [5.74, 6) is 0.977. The molecule has 1 fully saturated rings. The SMILES string of the molecule is CC(C)N(CC#N)CCC1CC1. The van der Waals surface area contributed by atoms with Crippen LogP contribution in [0.3, 0.4) is 0 Å². The second-order valence-electron chi connectivity index (χ2n) is 3.95. The largest absolute Gasteiger partial charge is 0.288 e. The molecule has 1 rings (SSSR count). The maximum absolute atomic E-state index is 8.57. The average molecular weight is 166 g/mol. The highest BCUT2D eigenvalue weighted by Gasteiger charge is 2.22. The van der Waals surface area contributed by atoms with Crippen LogP contribution in [0.4, 0.5) is 0 Å². The number of rotatable bonds is 5. The van der Waals surface area contributed by atoms with Crippen molar-refractivity contribution >= 4 is 0 Å². The fourth-order valence-electron chi connectivity index (χ4n) is 1.37. The maximum Gasteiger partial charge on any atom is 0.0868 e. The van der Waals surface area contributed by atoms with Crippen molar-refractivity contribution < 1.29 is 0 Å². The van der Waals surface area contributed by atoms with Crippen LogP contribution in [-0.2, 0) is 0 Å². The van der Waals surface area contributed by atoms with Crippen LogP contribution in [-0.4, -0.2) is 24.0 Å². The molecule has 0 bridgehead atoms. The van der Waals surface area contributed by atoms with E-state index in [1.54, 1.807) is 0 Å². The molecule has 0 radical (unpaired) electrons. The van der Waals surface area contributed by atoms with Gasteiger partial charge in [-0.3, -0.25) is 4.90 Å². The van der Waals surface area contributed by atoms with E-state index in [0.717, 1.165) is 12.5 Å². The number of nitrogens with zero attached hydrogens (tertiary/aromatic N) is 2. The van der Waals surface area contributed by atoms with E-state index < -0.39 is 0 Å². The predicted octanol–water partition coefficient (Wildman–Crippen LogP) is 2.02. The highest BCUT2D eigenvalue weighted by Crippen LogP contribution is 2.32. The van der Waals surface area contributed by atoms with E-state index in [9.17, 15) is 0 Å². The summed E-state index contributed by atoms with van der Waals surface area (Å²) < 4.78 is 0. The van der Waals surface area contributed by atoms with Gasteiger partial charge in [-0.15, -0.1) is 0 Å². The lowest BCUT2D eigenvalue weighted by Crippen LogP contribution is -2.32. The van der Waals surface area contributed by atoms with Crippen LogP contribution in [0.2, 0.25) is 0 Å². The fraction of sp³-hybridized carbons (Fsp3) is 0.900. The lowest BCUT2D eigenvalue weighted by atomic mass is 10.2. The minimum absolute atomic E-state index is 0.517. The van der Waals surface area contributed by atoms with E-state index in [0.29, 0.717) is 12.6 Å². The normalized spacial score (nSPS) is 16.9. The van der Waals surface area contributed by atoms with Gasteiger partial charge in [-0.1, -0.05) is 12.8 Å². The van der Waals surface area contributed by atoms with Crippen LogP contribution in [0.1, 0.15) is 33.1 Å².